The number of ether oxygens (including phenoxy) is 2. The predicted octanol–water partition coefficient (Wildman–Crippen LogP) is 2.26. The summed E-state index contributed by atoms with van der Waals surface area (Å²) in [5, 5.41) is 0. The van der Waals surface area contributed by atoms with Crippen molar-refractivity contribution in [1.29, 1.82) is 0 Å². The van der Waals surface area contributed by atoms with Crippen molar-refractivity contribution in [3.8, 4) is 0 Å². The largest absolute Gasteiger partial charge is 0.469 e. The Morgan fingerprint density at radius 1 is 1.27 bits per heavy atom. The van der Waals surface area contributed by atoms with Crippen LogP contribution >= 0.6 is 0 Å². The first-order chi connectivity index (χ1) is 10.6. The van der Waals surface area contributed by atoms with E-state index in [9.17, 15) is 14.0 Å². The highest BCUT2D eigenvalue weighted by molar-refractivity contribution is 5.94. The minimum absolute atomic E-state index is 0.103. The predicted molar refractivity (Wildman–Crippen MR) is 80.0 cm³/mol. The minimum atomic E-state index is -0.465. The Labute approximate surface area is 130 Å². The van der Waals surface area contributed by atoms with E-state index in [4.69, 9.17) is 4.74 Å². The number of methoxy groups -OCH3 is 1. The molecule has 1 aromatic carbocycles. The van der Waals surface area contributed by atoms with Gasteiger partial charge in [-0.15, -0.1) is 0 Å². The van der Waals surface area contributed by atoms with Crippen molar-refractivity contribution < 1.29 is 23.5 Å². The van der Waals surface area contributed by atoms with Gasteiger partial charge in [0.15, 0.2) is 0 Å². The number of esters is 1. The second-order valence-electron chi connectivity index (χ2n) is 4.68. The Morgan fingerprint density at radius 3 is 2.68 bits per heavy atom. The molecule has 22 heavy (non-hydrogen) atoms. The molecule has 0 unspecified atom stereocenters. The molecule has 0 aromatic heterocycles. The zero-order valence-electron chi connectivity index (χ0n) is 13.0. The lowest BCUT2D eigenvalue weighted by atomic mass is 10.2. The van der Waals surface area contributed by atoms with Gasteiger partial charge >= 0.3 is 5.97 Å². The Hall–Kier alpha value is -1.95. The van der Waals surface area contributed by atoms with Gasteiger partial charge in [0.2, 0.25) is 0 Å². The van der Waals surface area contributed by atoms with Gasteiger partial charge in [-0.05, 0) is 31.5 Å². The lowest BCUT2D eigenvalue weighted by Crippen LogP contribution is -2.34. The molecule has 0 N–H and O–H groups in total. The summed E-state index contributed by atoms with van der Waals surface area (Å²) in [5.74, 6) is -1.16. The van der Waals surface area contributed by atoms with Gasteiger partial charge < -0.3 is 14.4 Å². The van der Waals surface area contributed by atoms with E-state index < -0.39 is 5.82 Å². The molecule has 0 aliphatic heterocycles. The number of rotatable bonds is 9. The molecule has 0 radical (unpaired) electrons. The van der Waals surface area contributed by atoms with Gasteiger partial charge in [0, 0.05) is 31.9 Å². The summed E-state index contributed by atoms with van der Waals surface area (Å²) in [7, 11) is 1.30. The summed E-state index contributed by atoms with van der Waals surface area (Å²) in [4.78, 5) is 25.2. The standard InChI is InChI=1S/C16H22FNO4/c1-3-22-11-5-9-18(10-8-15(19)21-2)16(20)13-6-4-7-14(17)12-13/h4,6-7,12H,3,5,8-11H2,1-2H3. The molecule has 122 valence electrons. The Bertz CT molecular complexity index is 493. The molecule has 0 saturated carbocycles. The minimum Gasteiger partial charge on any atom is -0.469 e. The van der Waals surface area contributed by atoms with Crippen LogP contribution in [-0.4, -0.2) is 50.2 Å². The fraction of sp³-hybridized carbons (Fsp3) is 0.500. The van der Waals surface area contributed by atoms with Crippen molar-refractivity contribution in [2.45, 2.75) is 19.8 Å². The molecule has 0 spiro atoms. The van der Waals surface area contributed by atoms with Gasteiger partial charge in [0.05, 0.1) is 13.5 Å². The SMILES string of the molecule is CCOCCCN(CCC(=O)OC)C(=O)c1cccc(F)c1. The van der Waals surface area contributed by atoms with Crippen LogP contribution in [0.5, 0.6) is 0 Å². The van der Waals surface area contributed by atoms with Crippen molar-refractivity contribution in [3.05, 3.63) is 35.6 Å². The Kier molecular flexibility index (Phi) is 8.14. The zero-order valence-corrected chi connectivity index (χ0v) is 13.0. The second kappa shape index (κ2) is 9.89. The number of carbonyl (C=O) groups is 2. The molecule has 0 atom stereocenters. The molecule has 6 heteroatoms. The number of benzene rings is 1. The van der Waals surface area contributed by atoms with Crippen molar-refractivity contribution >= 4 is 11.9 Å². The molecule has 0 aliphatic rings. The van der Waals surface area contributed by atoms with E-state index in [1.807, 2.05) is 6.92 Å². The third-order valence-electron chi connectivity index (χ3n) is 3.09. The summed E-state index contributed by atoms with van der Waals surface area (Å²) in [6.07, 6.45) is 0.752. The van der Waals surface area contributed by atoms with Gasteiger partial charge in [-0.1, -0.05) is 6.07 Å². The molecular formula is C16H22FNO4. The number of nitrogens with zero attached hydrogens (tertiary/aromatic N) is 1. The molecule has 1 aromatic rings. The average Bonchev–Trinajstić information content (AvgIpc) is 2.53. The van der Waals surface area contributed by atoms with Gasteiger partial charge in [-0.3, -0.25) is 9.59 Å². The second-order valence-corrected chi connectivity index (χ2v) is 4.68. The van der Waals surface area contributed by atoms with Crippen molar-refractivity contribution in [1.82, 2.24) is 4.90 Å². The summed E-state index contributed by atoms with van der Waals surface area (Å²) in [6, 6.07) is 5.51. The first-order valence-electron chi connectivity index (χ1n) is 7.28. The molecule has 0 heterocycles. The smallest absolute Gasteiger partial charge is 0.307 e. The molecule has 0 bridgehead atoms. The number of hydrogen-bond donors (Lipinski definition) is 0. The number of carbonyl (C=O) groups excluding carboxylic acids is 2. The number of amides is 1. The summed E-state index contributed by atoms with van der Waals surface area (Å²) >= 11 is 0. The zero-order chi connectivity index (χ0) is 16.4. The van der Waals surface area contributed by atoms with Gasteiger partial charge in [0.1, 0.15) is 5.82 Å². The normalized spacial score (nSPS) is 10.3. The van der Waals surface area contributed by atoms with Crippen molar-refractivity contribution in [2.24, 2.45) is 0 Å². The summed E-state index contributed by atoms with van der Waals surface area (Å²) < 4.78 is 23.1. The van der Waals surface area contributed by atoms with E-state index in [0.29, 0.717) is 26.2 Å². The van der Waals surface area contributed by atoms with Crippen molar-refractivity contribution in [2.75, 3.05) is 33.4 Å². The van der Waals surface area contributed by atoms with Crippen LogP contribution in [0.3, 0.4) is 0 Å². The Balaban J connectivity index is 2.69. The van der Waals surface area contributed by atoms with Crippen molar-refractivity contribution in [3.63, 3.8) is 0 Å². The van der Waals surface area contributed by atoms with E-state index in [1.54, 1.807) is 6.07 Å². The first kappa shape index (κ1) is 18.1. The number of hydrogen-bond acceptors (Lipinski definition) is 4. The highest BCUT2D eigenvalue weighted by Crippen LogP contribution is 2.09. The van der Waals surface area contributed by atoms with Crippen LogP contribution in [0.25, 0.3) is 0 Å². The van der Waals surface area contributed by atoms with Crippen LogP contribution < -0.4 is 0 Å². The average molecular weight is 311 g/mol. The third kappa shape index (κ3) is 6.22. The van der Waals surface area contributed by atoms with E-state index >= 15 is 0 Å². The van der Waals surface area contributed by atoms with E-state index in [1.165, 1.54) is 30.2 Å². The van der Waals surface area contributed by atoms with Gasteiger partial charge in [0.25, 0.3) is 5.91 Å². The van der Waals surface area contributed by atoms with Crippen LogP contribution in [-0.2, 0) is 14.3 Å². The molecule has 1 rings (SSSR count). The maximum absolute atomic E-state index is 13.2. The van der Waals surface area contributed by atoms with Crippen LogP contribution in [0.4, 0.5) is 4.39 Å². The molecule has 0 aliphatic carbocycles. The molecular weight excluding hydrogens is 289 g/mol. The highest BCUT2D eigenvalue weighted by Gasteiger charge is 2.17. The maximum Gasteiger partial charge on any atom is 0.307 e. The first-order valence-corrected chi connectivity index (χ1v) is 7.28. The van der Waals surface area contributed by atoms with E-state index in [2.05, 4.69) is 4.74 Å². The molecule has 5 nitrogen and oxygen atoms in total. The van der Waals surface area contributed by atoms with Gasteiger partial charge in [-0.25, -0.2) is 4.39 Å². The van der Waals surface area contributed by atoms with E-state index in [-0.39, 0.29) is 30.4 Å². The molecule has 0 fully saturated rings. The lowest BCUT2D eigenvalue weighted by Gasteiger charge is -2.22. The summed E-state index contributed by atoms with van der Waals surface area (Å²) in [5.41, 5.74) is 0.265. The highest BCUT2D eigenvalue weighted by atomic mass is 19.1. The fourth-order valence-electron chi connectivity index (χ4n) is 1.95. The van der Waals surface area contributed by atoms with Crippen LogP contribution in [0.2, 0.25) is 0 Å². The fourth-order valence-corrected chi connectivity index (χ4v) is 1.95. The quantitative estimate of drug-likeness (QED) is 0.518. The Morgan fingerprint density at radius 2 is 2.05 bits per heavy atom. The number of halogens is 1. The van der Waals surface area contributed by atoms with Gasteiger partial charge in [-0.2, -0.15) is 0 Å². The summed E-state index contributed by atoms with van der Waals surface area (Å²) in [6.45, 7) is 3.70. The van der Waals surface area contributed by atoms with E-state index in [0.717, 1.165) is 0 Å². The monoisotopic (exact) mass is 311 g/mol. The molecule has 0 saturated heterocycles. The lowest BCUT2D eigenvalue weighted by molar-refractivity contribution is -0.140. The molecule has 1 amide bonds. The third-order valence-corrected chi connectivity index (χ3v) is 3.09. The van der Waals surface area contributed by atoms with Crippen LogP contribution in [0, 0.1) is 5.82 Å². The van der Waals surface area contributed by atoms with Crippen LogP contribution in [0.1, 0.15) is 30.1 Å². The van der Waals surface area contributed by atoms with Crippen LogP contribution in [0.15, 0.2) is 24.3 Å². The topological polar surface area (TPSA) is 55.8 Å². The maximum atomic E-state index is 13.2.